The quantitative estimate of drug-likeness (QED) is 0.603. The Bertz CT molecular complexity index is 456. The van der Waals surface area contributed by atoms with Gasteiger partial charge >= 0.3 is 0 Å². The van der Waals surface area contributed by atoms with Gasteiger partial charge in [-0.3, -0.25) is 9.69 Å². The molecule has 2 rings (SSSR count). The van der Waals surface area contributed by atoms with Gasteiger partial charge in [0.1, 0.15) is 5.75 Å². The molecule has 110 valence electrons. The van der Waals surface area contributed by atoms with Crippen LogP contribution in [-0.2, 0) is 0 Å². The molecule has 1 heterocycles. The van der Waals surface area contributed by atoms with E-state index in [1.807, 2.05) is 6.92 Å². The molecule has 0 saturated carbocycles. The van der Waals surface area contributed by atoms with Crippen LogP contribution in [0.3, 0.4) is 0 Å². The van der Waals surface area contributed by atoms with Crippen LogP contribution in [0, 0.1) is 0 Å². The second kappa shape index (κ2) is 7.26. The number of rotatable bonds is 6. The highest BCUT2D eigenvalue weighted by molar-refractivity contribution is 5.98. The highest BCUT2D eigenvalue weighted by Gasteiger charge is 2.15. The van der Waals surface area contributed by atoms with Gasteiger partial charge in [0.25, 0.3) is 0 Å². The maximum absolute atomic E-state index is 12.2. The van der Waals surface area contributed by atoms with Crippen LogP contribution < -0.4 is 15.8 Å². The molecule has 20 heavy (non-hydrogen) atoms. The maximum atomic E-state index is 12.2. The number of ether oxygens (including phenoxy) is 1. The molecule has 3 N–H and O–H groups in total. The van der Waals surface area contributed by atoms with E-state index in [9.17, 15) is 4.79 Å². The summed E-state index contributed by atoms with van der Waals surface area (Å²) >= 11 is 0. The molecular weight excluding hydrogens is 254 g/mol. The molecule has 0 amide bonds. The monoisotopic (exact) mass is 277 g/mol. The molecule has 1 aliphatic heterocycles. The topological polar surface area (TPSA) is 67.6 Å². The lowest BCUT2D eigenvalue weighted by atomic mass is 10.1. The van der Waals surface area contributed by atoms with E-state index in [1.165, 1.54) is 0 Å². The Hall–Kier alpha value is -1.59. The summed E-state index contributed by atoms with van der Waals surface area (Å²) in [5.74, 6) is 0.770. The SMILES string of the molecule is CCCOc1ccc(C(=O)CN2CCNCC2)cc1N. The molecule has 0 radical (unpaired) electrons. The van der Waals surface area contributed by atoms with E-state index in [4.69, 9.17) is 10.5 Å². The Balaban J connectivity index is 1.97. The number of anilines is 1. The lowest BCUT2D eigenvalue weighted by Crippen LogP contribution is -2.45. The molecule has 0 unspecified atom stereocenters. The number of Topliss-reactive ketones (excluding diaryl/α,β-unsaturated/α-hetero) is 1. The molecule has 0 aliphatic carbocycles. The van der Waals surface area contributed by atoms with Crippen LogP contribution in [0.4, 0.5) is 5.69 Å². The number of ketones is 1. The molecule has 1 aromatic rings. The van der Waals surface area contributed by atoms with Crippen molar-refractivity contribution in [3.05, 3.63) is 23.8 Å². The van der Waals surface area contributed by atoms with Crippen LogP contribution in [0.15, 0.2) is 18.2 Å². The molecule has 0 atom stereocenters. The highest BCUT2D eigenvalue weighted by Crippen LogP contribution is 2.23. The van der Waals surface area contributed by atoms with Gasteiger partial charge < -0.3 is 15.8 Å². The minimum Gasteiger partial charge on any atom is -0.491 e. The highest BCUT2D eigenvalue weighted by atomic mass is 16.5. The van der Waals surface area contributed by atoms with Crippen molar-refractivity contribution in [1.29, 1.82) is 0 Å². The number of nitrogens with two attached hydrogens (primary N) is 1. The normalized spacial score (nSPS) is 16.1. The van der Waals surface area contributed by atoms with Gasteiger partial charge in [-0.1, -0.05) is 6.92 Å². The van der Waals surface area contributed by atoms with Gasteiger partial charge in [0.2, 0.25) is 0 Å². The number of nitrogen functional groups attached to an aromatic ring is 1. The van der Waals surface area contributed by atoms with Gasteiger partial charge in [-0.15, -0.1) is 0 Å². The number of hydrogen-bond acceptors (Lipinski definition) is 5. The molecule has 5 heteroatoms. The molecule has 1 aromatic carbocycles. The number of benzene rings is 1. The number of piperazine rings is 1. The number of hydrogen-bond donors (Lipinski definition) is 2. The first kappa shape index (κ1) is 14.8. The first-order chi connectivity index (χ1) is 9.70. The van der Waals surface area contributed by atoms with Gasteiger partial charge in [0.15, 0.2) is 5.78 Å². The molecule has 1 aliphatic rings. The Kier molecular flexibility index (Phi) is 5.38. The fourth-order valence-electron chi connectivity index (χ4n) is 2.23. The van der Waals surface area contributed by atoms with Gasteiger partial charge in [-0.05, 0) is 24.6 Å². The molecule has 1 fully saturated rings. The molecule has 5 nitrogen and oxygen atoms in total. The van der Waals surface area contributed by atoms with Crippen LogP contribution in [0.2, 0.25) is 0 Å². The minimum absolute atomic E-state index is 0.112. The summed E-state index contributed by atoms with van der Waals surface area (Å²) in [5.41, 5.74) is 7.12. The zero-order valence-corrected chi connectivity index (χ0v) is 12.0. The standard InChI is InChI=1S/C15H23N3O2/c1-2-9-20-15-4-3-12(10-13(15)16)14(19)11-18-7-5-17-6-8-18/h3-4,10,17H,2,5-9,11,16H2,1H3. The molecule has 1 saturated heterocycles. The second-order valence-electron chi connectivity index (χ2n) is 5.05. The van der Waals surface area contributed by atoms with Crippen LogP contribution in [0.5, 0.6) is 5.75 Å². The number of nitrogens with zero attached hydrogens (tertiary/aromatic N) is 1. The fourth-order valence-corrected chi connectivity index (χ4v) is 2.23. The predicted molar refractivity (Wildman–Crippen MR) is 80.3 cm³/mol. The summed E-state index contributed by atoms with van der Waals surface area (Å²) in [7, 11) is 0. The Morgan fingerprint density at radius 2 is 2.15 bits per heavy atom. The first-order valence-electron chi connectivity index (χ1n) is 7.19. The van der Waals surface area contributed by atoms with Crippen molar-refractivity contribution in [2.75, 3.05) is 45.1 Å². The fraction of sp³-hybridized carbons (Fsp3) is 0.533. The van der Waals surface area contributed by atoms with Crippen LogP contribution in [-0.4, -0.2) is 50.0 Å². The Morgan fingerprint density at radius 1 is 1.40 bits per heavy atom. The number of nitrogens with one attached hydrogen (secondary N) is 1. The van der Waals surface area contributed by atoms with E-state index in [1.54, 1.807) is 18.2 Å². The van der Waals surface area contributed by atoms with Crippen molar-refractivity contribution in [2.45, 2.75) is 13.3 Å². The molecule has 0 bridgehead atoms. The van der Waals surface area contributed by atoms with E-state index in [2.05, 4.69) is 10.2 Å². The molecule has 0 aromatic heterocycles. The van der Waals surface area contributed by atoms with Crippen LogP contribution in [0.25, 0.3) is 0 Å². The average molecular weight is 277 g/mol. The van der Waals surface area contributed by atoms with E-state index in [0.717, 1.165) is 32.6 Å². The van der Waals surface area contributed by atoms with Gasteiger partial charge in [-0.2, -0.15) is 0 Å². The van der Waals surface area contributed by atoms with Crippen LogP contribution >= 0.6 is 0 Å². The third-order valence-electron chi connectivity index (χ3n) is 3.37. The lowest BCUT2D eigenvalue weighted by Gasteiger charge is -2.26. The number of carbonyl (C=O) groups is 1. The molecule has 0 spiro atoms. The summed E-state index contributed by atoms with van der Waals surface area (Å²) in [6.45, 7) is 6.85. The van der Waals surface area contributed by atoms with E-state index in [-0.39, 0.29) is 5.78 Å². The van der Waals surface area contributed by atoms with Crippen molar-refractivity contribution in [2.24, 2.45) is 0 Å². The second-order valence-corrected chi connectivity index (χ2v) is 5.05. The smallest absolute Gasteiger partial charge is 0.176 e. The third-order valence-corrected chi connectivity index (χ3v) is 3.37. The van der Waals surface area contributed by atoms with Crippen molar-refractivity contribution < 1.29 is 9.53 Å². The lowest BCUT2D eigenvalue weighted by molar-refractivity contribution is 0.0921. The van der Waals surface area contributed by atoms with Crippen LogP contribution in [0.1, 0.15) is 23.7 Å². The van der Waals surface area contributed by atoms with E-state index in [0.29, 0.717) is 30.2 Å². The van der Waals surface area contributed by atoms with E-state index >= 15 is 0 Å². The Morgan fingerprint density at radius 3 is 2.80 bits per heavy atom. The summed E-state index contributed by atoms with van der Waals surface area (Å²) in [6.07, 6.45) is 0.934. The summed E-state index contributed by atoms with van der Waals surface area (Å²) in [6, 6.07) is 5.30. The largest absolute Gasteiger partial charge is 0.491 e. The van der Waals surface area contributed by atoms with Gasteiger partial charge in [-0.25, -0.2) is 0 Å². The van der Waals surface area contributed by atoms with Crippen molar-refractivity contribution in [3.8, 4) is 5.75 Å². The molecular formula is C15H23N3O2. The summed E-state index contributed by atoms with van der Waals surface area (Å²) in [4.78, 5) is 14.4. The minimum atomic E-state index is 0.112. The third kappa shape index (κ3) is 3.95. The number of carbonyl (C=O) groups excluding carboxylic acids is 1. The summed E-state index contributed by atoms with van der Waals surface area (Å²) in [5, 5.41) is 3.27. The van der Waals surface area contributed by atoms with E-state index < -0.39 is 0 Å². The van der Waals surface area contributed by atoms with Crippen molar-refractivity contribution in [3.63, 3.8) is 0 Å². The zero-order valence-electron chi connectivity index (χ0n) is 12.0. The predicted octanol–water partition coefficient (Wildman–Crippen LogP) is 1.15. The average Bonchev–Trinajstić information content (AvgIpc) is 2.47. The summed E-state index contributed by atoms with van der Waals surface area (Å²) < 4.78 is 5.52. The zero-order chi connectivity index (χ0) is 14.4. The van der Waals surface area contributed by atoms with Crippen molar-refractivity contribution >= 4 is 11.5 Å². The van der Waals surface area contributed by atoms with Gasteiger partial charge in [0.05, 0.1) is 18.8 Å². The Labute approximate surface area is 120 Å². The maximum Gasteiger partial charge on any atom is 0.176 e. The van der Waals surface area contributed by atoms with Crippen molar-refractivity contribution in [1.82, 2.24) is 10.2 Å². The first-order valence-corrected chi connectivity index (χ1v) is 7.19. The van der Waals surface area contributed by atoms with Gasteiger partial charge in [0, 0.05) is 31.7 Å².